The Hall–Kier alpha value is -1.20. The summed E-state index contributed by atoms with van der Waals surface area (Å²) in [6.07, 6.45) is 1.90. The summed E-state index contributed by atoms with van der Waals surface area (Å²) in [5.41, 5.74) is 2.09. The number of halogens is 1. The van der Waals surface area contributed by atoms with Crippen molar-refractivity contribution in [3.63, 3.8) is 0 Å². The number of hydrogen-bond donors (Lipinski definition) is 1. The average molecular weight is 324 g/mol. The lowest BCUT2D eigenvalue weighted by Gasteiger charge is -2.02. The Kier molecular flexibility index (Phi) is 5.10. The van der Waals surface area contributed by atoms with Gasteiger partial charge in [-0.3, -0.25) is 0 Å². The van der Waals surface area contributed by atoms with Crippen LogP contribution in [0.3, 0.4) is 0 Å². The molecule has 0 aliphatic heterocycles. The minimum Gasteiger partial charge on any atom is -0.421 e. The average Bonchev–Trinajstić information content (AvgIpc) is 2.87. The van der Waals surface area contributed by atoms with Crippen LogP contribution >= 0.6 is 15.9 Å². The van der Waals surface area contributed by atoms with Crippen LogP contribution in [0.5, 0.6) is 0 Å². The Morgan fingerprint density at radius 2 is 2.11 bits per heavy atom. The monoisotopic (exact) mass is 323 g/mol. The summed E-state index contributed by atoms with van der Waals surface area (Å²) in [6, 6.07) is 5.97. The fourth-order valence-electron chi connectivity index (χ4n) is 1.80. The van der Waals surface area contributed by atoms with E-state index in [0.717, 1.165) is 41.5 Å². The van der Waals surface area contributed by atoms with E-state index in [1.807, 2.05) is 25.1 Å². The quantitative estimate of drug-likeness (QED) is 0.828. The highest BCUT2D eigenvalue weighted by molar-refractivity contribution is 9.10. The van der Waals surface area contributed by atoms with Crippen LogP contribution in [0.25, 0.3) is 11.5 Å². The largest absolute Gasteiger partial charge is 0.421 e. The highest BCUT2D eigenvalue weighted by Crippen LogP contribution is 2.27. The lowest BCUT2D eigenvalue weighted by atomic mass is 10.1. The van der Waals surface area contributed by atoms with Gasteiger partial charge in [0.05, 0.1) is 0 Å². The van der Waals surface area contributed by atoms with Crippen molar-refractivity contribution in [3.8, 4) is 11.5 Å². The van der Waals surface area contributed by atoms with Crippen molar-refractivity contribution in [3.05, 3.63) is 34.1 Å². The standard InChI is InChI=1S/C14H18BrN3O/c1-3-8-16-9-7-13-17-18-14(19-13)11-5-4-6-12(15)10(11)2/h4-6,16H,3,7-9H2,1-2H3. The predicted molar refractivity (Wildman–Crippen MR) is 79.0 cm³/mol. The molecule has 1 N–H and O–H groups in total. The van der Waals surface area contributed by atoms with Gasteiger partial charge in [-0.05, 0) is 37.6 Å². The zero-order valence-electron chi connectivity index (χ0n) is 11.2. The van der Waals surface area contributed by atoms with Crippen molar-refractivity contribution >= 4 is 15.9 Å². The van der Waals surface area contributed by atoms with E-state index in [9.17, 15) is 0 Å². The molecule has 0 aliphatic carbocycles. The number of rotatable bonds is 6. The molecule has 5 heteroatoms. The maximum absolute atomic E-state index is 5.70. The van der Waals surface area contributed by atoms with Gasteiger partial charge in [0.15, 0.2) is 0 Å². The third-order valence-electron chi connectivity index (χ3n) is 2.91. The van der Waals surface area contributed by atoms with Crippen molar-refractivity contribution in [2.75, 3.05) is 13.1 Å². The maximum atomic E-state index is 5.70. The summed E-state index contributed by atoms with van der Waals surface area (Å²) in [5.74, 6) is 1.27. The van der Waals surface area contributed by atoms with E-state index in [4.69, 9.17) is 4.42 Å². The molecular weight excluding hydrogens is 306 g/mol. The van der Waals surface area contributed by atoms with Gasteiger partial charge in [-0.25, -0.2) is 0 Å². The highest BCUT2D eigenvalue weighted by Gasteiger charge is 2.11. The normalized spacial score (nSPS) is 10.9. The molecule has 0 saturated carbocycles. The van der Waals surface area contributed by atoms with Gasteiger partial charge < -0.3 is 9.73 Å². The minimum absolute atomic E-state index is 0.587. The first-order valence-corrected chi connectivity index (χ1v) is 7.30. The molecule has 2 rings (SSSR count). The Morgan fingerprint density at radius 3 is 2.89 bits per heavy atom. The van der Waals surface area contributed by atoms with Crippen molar-refractivity contribution in [2.24, 2.45) is 0 Å². The molecule has 1 aromatic carbocycles. The van der Waals surface area contributed by atoms with Crippen molar-refractivity contribution < 1.29 is 4.42 Å². The van der Waals surface area contributed by atoms with Gasteiger partial charge >= 0.3 is 0 Å². The molecule has 0 fully saturated rings. The van der Waals surface area contributed by atoms with E-state index in [1.54, 1.807) is 0 Å². The third kappa shape index (κ3) is 3.64. The van der Waals surface area contributed by atoms with Gasteiger partial charge in [-0.15, -0.1) is 10.2 Å². The summed E-state index contributed by atoms with van der Waals surface area (Å²) in [4.78, 5) is 0. The lowest BCUT2D eigenvalue weighted by molar-refractivity contribution is 0.494. The first-order chi connectivity index (χ1) is 9.22. The van der Waals surface area contributed by atoms with Crippen LogP contribution in [0, 0.1) is 6.92 Å². The molecule has 19 heavy (non-hydrogen) atoms. The van der Waals surface area contributed by atoms with Crippen LogP contribution in [0.2, 0.25) is 0 Å². The van der Waals surface area contributed by atoms with Gasteiger partial charge in [0, 0.05) is 23.0 Å². The molecular formula is C14H18BrN3O. The molecule has 2 aromatic rings. The van der Waals surface area contributed by atoms with Crippen molar-refractivity contribution in [2.45, 2.75) is 26.7 Å². The van der Waals surface area contributed by atoms with Gasteiger partial charge in [0.25, 0.3) is 0 Å². The Morgan fingerprint density at radius 1 is 1.26 bits per heavy atom. The number of nitrogens with zero attached hydrogens (tertiary/aromatic N) is 2. The molecule has 1 heterocycles. The molecule has 0 aliphatic rings. The van der Waals surface area contributed by atoms with Crippen molar-refractivity contribution in [1.29, 1.82) is 0 Å². The van der Waals surface area contributed by atoms with E-state index in [0.29, 0.717) is 11.8 Å². The topological polar surface area (TPSA) is 51.0 Å². The smallest absolute Gasteiger partial charge is 0.248 e. The SMILES string of the molecule is CCCNCCc1nnc(-c2cccc(Br)c2C)o1. The first kappa shape index (κ1) is 14.2. The second kappa shape index (κ2) is 6.82. The molecule has 0 unspecified atom stereocenters. The van der Waals surface area contributed by atoms with Crippen LogP contribution in [0.15, 0.2) is 27.1 Å². The molecule has 0 radical (unpaired) electrons. The Balaban J connectivity index is 2.06. The van der Waals surface area contributed by atoms with Crippen LogP contribution < -0.4 is 5.32 Å². The molecule has 102 valence electrons. The van der Waals surface area contributed by atoms with Crippen LogP contribution in [-0.4, -0.2) is 23.3 Å². The maximum Gasteiger partial charge on any atom is 0.248 e. The molecule has 0 bridgehead atoms. The van der Waals surface area contributed by atoms with E-state index in [1.165, 1.54) is 0 Å². The Bertz CT molecular complexity index is 539. The van der Waals surface area contributed by atoms with Crippen LogP contribution in [0.1, 0.15) is 24.8 Å². The summed E-state index contributed by atoms with van der Waals surface area (Å²) >= 11 is 3.51. The van der Waals surface area contributed by atoms with Crippen LogP contribution in [-0.2, 0) is 6.42 Å². The van der Waals surface area contributed by atoms with E-state index < -0.39 is 0 Å². The number of aromatic nitrogens is 2. The Labute approximate surface area is 121 Å². The van der Waals surface area contributed by atoms with Crippen LogP contribution in [0.4, 0.5) is 0 Å². The number of nitrogens with one attached hydrogen (secondary N) is 1. The zero-order valence-corrected chi connectivity index (χ0v) is 12.8. The van der Waals surface area contributed by atoms with Crippen molar-refractivity contribution in [1.82, 2.24) is 15.5 Å². The van der Waals surface area contributed by atoms with Gasteiger partial charge in [-0.1, -0.05) is 28.9 Å². The highest BCUT2D eigenvalue weighted by atomic mass is 79.9. The molecule has 0 atom stereocenters. The van der Waals surface area contributed by atoms with Gasteiger partial charge in [-0.2, -0.15) is 0 Å². The van der Waals surface area contributed by atoms with E-state index in [2.05, 4.69) is 38.4 Å². The molecule has 0 saturated heterocycles. The summed E-state index contributed by atoms with van der Waals surface area (Å²) < 4.78 is 6.75. The number of benzene rings is 1. The fourth-order valence-corrected chi connectivity index (χ4v) is 2.17. The second-order valence-electron chi connectivity index (χ2n) is 4.41. The van der Waals surface area contributed by atoms with E-state index in [-0.39, 0.29) is 0 Å². The predicted octanol–water partition coefficient (Wildman–Crippen LogP) is 3.35. The van der Waals surface area contributed by atoms with Gasteiger partial charge in [0.1, 0.15) is 0 Å². The summed E-state index contributed by atoms with van der Waals surface area (Å²) in [5, 5.41) is 11.5. The second-order valence-corrected chi connectivity index (χ2v) is 5.27. The zero-order chi connectivity index (χ0) is 13.7. The molecule has 0 amide bonds. The molecule has 1 aromatic heterocycles. The summed E-state index contributed by atoms with van der Waals surface area (Å²) in [7, 11) is 0. The van der Waals surface area contributed by atoms with Gasteiger partial charge in [0.2, 0.25) is 11.8 Å². The minimum atomic E-state index is 0.587. The summed E-state index contributed by atoms with van der Waals surface area (Å²) in [6.45, 7) is 6.07. The number of hydrogen-bond acceptors (Lipinski definition) is 4. The lowest BCUT2D eigenvalue weighted by Crippen LogP contribution is -2.17. The fraction of sp³-hybridized carbons (Fsp3) is 0.429. The van der Waals surface area contributed by atoms with E-state index >= 15 is 0 Å². The third-order valence-corrected chi connectivity index (χ3v) is 3.77. The first-order valence-electron chi connectivity index (χ1n) is 6.51. The molecule has 0 spiro atoms. The molecule has 4 nitrogen and oxygen atoms in total.